The minimum absolute atomic E-state index is 0.00323. The molecule has 4 aliphatic rings. The van der Waals surface area contributed by atoms with Gasteiger partial charge in [0.15, 0.2) is 80.1 Å². The highest BCUT2D eigenvalue weighted by molar-refractivity contribution is 5.94. The highest BCUT2D eigenvalue weighted by atomic mass is 16.8. The van der Waals surface area contributed by atoms with Crippen LogP contribution in [-0.4, -0.2) is 230 Å². The van der Waals surface area contributed by atoms with Gasteiger partial charge in [-0.25, -0.2) is 43.2 Å². The first kappa shape index (κ1) is 87.6. The Balaban J connectivity index is 0.981. The van der Waals surface area contributed by atoms with Crippen LogP contribution in [0.15, 0.2) is 273 Å². The number of carbonyl (C=O) groups is 11. The quantitative estimate of drug-likeness (QED) is 0.0282. The molecular formula is C91H82O32. The van der Waals surface area contributed by atoms with Gasteiger partial charge in [0, 0.05) is 13.8 Å². The fourth-order valence-electron chi connectivity index (χ4n) is 13.8. The summed E-state index contributed by atoms with van der Waals surface area (Å²) in [4.78, 5) is 160. The smallest absolute Gasteiger partial charge is 0.338 e. The lowest BCUT2D eigenvalue weighted by Gasteiger charge is -2.50. The second-order valence-electron chi connectivity index (χ2n) is 28.1. The number of hydrogen-bond donors (Lipinski definition) is 3. The SMILES string of the molecule is CC(=O)O[C@H]1[C@H](O[C@H]2[C@H](O)[C@@H](CO)O[C@H](O)[C@@H]2OC(=O)c2ccccc2)O[C@H](CO[C@@H]2O[C@H](COC(=O)c3ccccc3)[C@@H](OC(=O)c3ccccc3)[C@H](OC(=O)c3ccccc3)[C@H]2OC(=O)c2ccccc2)[C@@H](OC(C)=O)[C@@H]1O[C@@H]1O[C@H](COC(=O)c2ccccc2)[C@@H](OC(=O)c2ccccc2)[C@H](OC(=O)c2ccccc2)[C@H]1OC(=O)c1ccccc1. The van der Waals surface area contributed by atoms with Crippen LogP contribution in [0, 0.1) is 0 Å². The van der Waals surface area contributed by atoms with E-state index >= 15 is 4.79 Å². The molecule has 32 nitrogen and oxygen atoms in total. The molecule has 32 heteroatoms. The maximum atomic E-state index is 15.1. The standard InChI is InChI=1S/C91H82O32/c1-52(93)109-68-66(51-108-89-76(120-86(103)61-44-26-10-27-45-61)72(117-83(100)58-38-20-7-21-39-58)69(115-81(98)56-34-16-5-17-35-56)64(112-89)49-106-79(96)54-30-12-3-13-31-54)114-90(122-71-67(95)63(48-92)111-88(105)75(71)119-85(102)60-42-24-9-25-43-60)77(110-53(2)94)74(68)123-91-78(121-87(104)62-46-28-11-29-47-62)73(118-84(101)59-40-22-8-23-41-59)70(116-82(99)57-36-18-6-19-37-57)65(113-91)50-107-80(97)55-32-14-4-15-33-55/h3-47,63-78,88-92,95,105H,48-51H2,1-2H3/t63-,64-,65-,66-,67-,68-,69-,70-,71+,72+,73+,74+,75-,76-,77-,78-,88+,89-,90+,91+/m1/s1. The van der Waals surface area contributed by atoms with Gasteiger partial charge in [0.2, 0.25) is 0 Å². The van der Waals surface area contributed by atoms with E-state index in [0.717, 1.165) is 13.8 Å². The molecule has 0 spiro atoms. The molecule has 4 heterocycles. The van der Waals surface area contributed by atoms with Crippen molar-refractivity contribution in [2.75, 3.05) is 26.4 Å². The topological polar surface area (TPSA) is 415 Å². The average Bonchev–Trinajstić information content (AvgIpc) is 0.762. The molecule has 0 bridgehead atoms. The zero-order chi connectivity index (χ0) is 86.5. The van der Waals surface area contributed by atoms with Crippen LogP contribution >= 0.6 is 0 Å². The van der Waals surface area contributed by atoms with Crippen molar-refractivity contribution in [2.45, 2.75) is 137 Å². The van der Waals surface area contributed by atoms with E-state index < -0.39 is 215 Å². The van der Waals surface area contributed by atoms with E-state index in [1.54, 1.807) is 66.7 Å². The second kappa shape index (κ2) is 41.8. The van der Waals surface area contributed by atoms with Gasteiger partial charge in [0.25, 0.3) is 0 Å². The third-order valence-electron chi connectivity index (χ3n) is 19.7. The van der Waals surface area contributed by atoms with Crippen molar-refractivity contribution in [2.24, 2.45) is 0 Å². The van der Waals surface area contributed by atoms with Gasteiger partial charge in [-0.1, -0.05) is 164 Å². The zero-order valence-electron chi connectivity index (χ0n) is 65.5. The molecule has 9 aromatic rings. The minimum atomic E-state index is -2.44. The Morgan fingerprint density at radius 1 is 0.252 bits per heavy atom. The Kier molecular flexibility index (Phi) is 29.8. The van der Waals surface area contributed by atoms with Crippen LogP contribution in [0.2, 0.25) is 0 Å². The van der Waals surface area contributed by atoms with Crippen LogP contribution in [0.3, 0.4) is 0 Å². The van der Waals surface area contributed by atoms with Crippen molar-refractivity contribution < 1.29 is 153 Å². The predicted molar refractivity (Wildman–Crippen MR) is 420 cm³/mol. The number of benzene rings is 9. The van der Waals surface area contributed by atoms with Crippen molar-refractivity contribution in [3.8, 4) is 0 Å². The van der Waals surface area contributed by atoms with Crippen molar-refractivity contribution in [1.29, 1.82) is 0 Å². The summed E-state index contributed by atoms with van der Waals surface area (Å²) < 4.78 is 115. The summed E-state index contributed by atoms with van der Waals surface area (Å²) in [6, 6.07) is 66.4. The molecule has 4 saturated heterocycles. The summed E-state index contributed by atoms with van der Waals surface area (Å²) >= 11 is 0. The number of hydrogen-bond acceptors (Lipinski definition) is 32. The summed E-state index contributed by atoms with van der Waals surface area (Å²) in [6.45, 7) is -2.25. The first-order valence-electron chi connectivity index (χ1n) is 38.8. The number of rotatable bonds is 30. The number of ether oxygens (including phenoxy) is 18. The zero-order valence-corrected chi connectivity index (χ0v) is 65.5. The van der Waals surface area contributed by atoms with E-state index in [2.05, 4.69) is 0 Å². The lowest BCUT2D eigenvalue weighted by molar-refractivity contribution is -0.382. The lowest BCUT2D eigenvalue weighted by Crippen LogP contribution is -2.69. The molecule has 0 aliphatic carbocycles. The Morgan fingerprint density at radius 2 is 0.488 bits per heavy atom. The van der Waals surface area contributed by atoms with E-state index in [4.69, 9.17) is 85.3 Å². The van der Waals surface area contributed by atoms with Gasteiger partial charge in [-0.05, 0) is 109 Å². The van der Waals surface area contributed by atoms with Crippen molar-refractivity contribution in [1.82, 2.24) is 0 Å². The van der Waals surface area contributed by atoms with E-state index in [0.29, 0.717) is 0 Å². The largest absolute Gasteiger partial charge is 0.459 e. The predicted octanol–water partition coefficient (Wildman–Crippen LogP) is 8.18. The lowest BCUT2D eigenvalue weighted by atomic mass is 9.95. The Bertz CT molecular complexity index is 5060. The Labute approximate surface area is 702 Å². The van der Waals surface area contributed by atoms with Crippen LogP contribution in [0.25, 0.3) is 0 Å². The van der Waals surface area contributed by atoms with Crippen LogP contribution in [0.5, 0.6) is 0 Å². The summed E-state index contributed by atoms with van der Waals surface area (Å²) in [5.41, 5.74) is -0.738. The number of carbonyl (C=O) groups excluding carboxylic acids is 11. The first-order valence-corrected chi connectivity index (χ1v) is 38.8. The summed E-state index contributed by atoms with van der Waals surface area (Å²) in [5.74, 6) is -12.3. The maximum Gasteiger partial charge on any atom is 0.338 e. The highest BCUT2D eigenvalue weighted by Crippen LogP contribution is 2.41. The van der Waals surface area contributed by atoms with Crippen LogP contribution in [0.4, 0.5) is 0 Å². The fraction of sp³-hybridized carbons (Fsp3) is 0.286. The molecule has 4 aliphatic heterocycles. The van der Waals surface area contributed by atoms with Crippen LogP contribution < -0.4 is 0 Å². The molecule has 3 N–H and O–H groups in total. The van der Waals surface area contributed by atoms with Crippen LogP contribution in [0.1, 0.15) is 107 Å². The normalized spacial score (nSPS) is 25.9. The van der Waals surface area contributed by atoms with E-state index in [-0.39, 0.29) is 50.1 Å². The summed E-state index contributed by atoms with van der Waals surface area (Å²) in [5, 5.41) is 35.1. The Morgan fingerprint density at radius 3 is 0.797 bits per heavy atom. The van der Waals surface area contributed by atoms with E-state index in [9.17, 15) is 63.3 Å². The number of aliphatic hydroxyl groups is 3. The maximum absolute atomic E-state index is 15.1. The summed E-state index contributed by atoms with van der Waals surface area (Å²) in [7, 11) is 0. The molecule has 123 heavy (non-hydrogen) atoms. The first-order chi connectivity index (χ1) is 59.7. The molecular weight excluding hydrogens is 1600 g/mol. The van der Waals surface area contributed by atoms with Crippen molar-refractivity contribution >= 4 is 65.7 Å². The van der Waals surface area contributed by atoms with Crippen molar-refractivity contribution in [3.63, 3.8) is 0 Å². The molecule has 4 fully saturated rings. The number of aliphatic hydroxyl groups excluding tert-OH is 3. The molecule has 0 saturated carbocycles. The highest BCUT2D eigenvalue weighted by Gasteiger charge is 2.61. The fourth-order valence-corrected chi connectivity index (χ4v) is 13.8. The molecule has 20 atom stereocenters. The second-order valence-corrected chi connectivity index (χ2v) is 28.1. The Hall–Kier alpha value is -13.3. The van der Waals surface area contributed by atoms with Gasteiger partial charge in [0.05, 0.1) is 63.3 Å². The number of esters is 11. The molecule has 9 aromatic carbocycles. The third kappa shape index (κ3) is 22.3. The van der Waals surface area contributed by atoms with E-state index in [1.807, 2.05) is 0 Å². The molecule has 13 rings (SSSR count). The molecule has 0 amide bonds. The van der Waals surface area contributed by atoms with Gasteiger partial charge in [-0.15, -0.1) is 0 Å². The van der Waals surface area contributed by atoms with Gasteiger partial charge >= 0.3 is 65.7 Å². The molecule has 0 unspecified atom stereocenters. The van der Waals surface area contributed by atoms with Gasteiger partial charge < -0.3 is 101 Å². The molecule has 0 aromatic heterocycles. The molecule has 0 radical (unpaired) electrons. The van der Waals surface area contributed by atoms with Gasteiger partial charge in [-0.2, -0.15) is 0 Å². The third-order valence-corrected chi connectivity index (χ3v) is 19.7. The molecule has 638 valence electrons. The van der Waals surface area contributed by atoms with E-state index in [1.165, 1.54) is 206 Å². The summed E-state index contributed by atoms with van der Waals surface area (Å²) in [6.07, 6.45) is -43.2. The van der Waals surface area contributed by atoms with Gasteiger partial charge in [0.1, 0.15) is 55.9 Å². The minimum Gasteiger partial charge on any atom is -0.459 e. The monoisotopic (exact) mass is 1690 g/mol. The average molecular weight is 1690 g/mol. The van der Waals surface area contributed by atoms with Gasteiger partial charge in [-0.3, -0.25) is 9.59 Å². The van der Waals surface area contributed by atoms with Crippen LogP contribution in [-0.2, 0) is 94.9 Å². The van der Waals surface area contributed by atoms with Crippen molar-refractivity contribution in [3.05, 3.63) is 323 Å².